The molecule has 1 aromatic heterocycles. The molecule has 3 heterocycles. The summed E-state index contributed by atoms with van der Waals surface area (Å²) in [4.78, 5) is 4.62. The molecule has 0 amide bonds. The molecule has 1 aromatic carbocycles. The standard InChI is InChI=1S/C16H19N3O2/c1-2-6-14-12(5-1)13(7-9-20-14)16-18-15(21-19-16)10-11-4-3-8-17-11/h1-2,5-6,11,13,17H,3-4,7-10H2. The molecule has 2 aliphatic rings. The van der Waals surface area contributed by atoms with Crippen LogP contribution in [0.2, 0.25) is 0 Å². The number of nitrogens with one attached hydrogen (secondary N) is 1. The number of ether oxygens (including phenoxy) is 1. The molecule has 110 valence electrons. The second-order valence-electron chi connectivity index (χ2n) is 5.77. The number of benzene rings is 1. The first-order chi connectivity index (χ1) is 10.4. The van der Waals surface area contributed by atoms with E-state index in [0.717, 1.165) is 42.4 Å². The number of hydrogen-bond acceptors (Lipinski definition) is 5. The van der Waals surface area contributed by atoms with Crippen LogP contribution < -0.4 is 10.1 Å². The summed E-state index contributed by atoms with van der Waals surface area (Å²) in [7, 11) is 0. The summed E-state index contributed by atoms with van der Waals surface area (Å²) in [5.41, 5.74) is 1.16. The Balaban J connectivity index is 1.56. The van der Waals surface area contributed by atoms with Crippen LogP contribution in [0.5, 0.6) is 5.75 Å². The van der Waals surface area contributed by atoms with Crippen molar-refractivity contribution in [2.24, 2.45) is 0 Å². The molecule has 2 unspecified atom stereocenters. The van der Waals surface area contributed by atoms with E-state index in [1.807, 2.05) is 18.2 Å². The lowest BCUT2D eigenvalue weighted by Gasteiger charge is -2.23. The molecule has 4 rings (SSSR count). The van der Waals surface area contributed by atoms with E-state index in [1.54, 1.807) is 0 Å². The minimum Gasteiger partial charge on any atom is -0.493 e. The molecule has 1 N–H and O–H groups in total. The summed E-state index contributed by atoms with van der Waals surface area (Å²) in [6.07, 6.45) is 4.16. The summed E-state index contributed by atoms with van der Waals surface area (Å²) < 4.78 is 11.1. The van der Waals surface area contributed by atoms with Crippen molar-refractivity contribution in [1.82, 2.24) is 15.5 Å². The van der Waals surface area contributed by atoms with Crippen molar-refractivity contribution in [2.75, 3.05) is 13.2 Å². The molecule has 0 bridgehead atoms. The lowest BCUT2D eigenvalue weighted by Crippen LogP contribution is -2.23. The predicted octanol–water partition coefficient (Wildman–Crippen LogP) is 2.28. The normalized spacial score (nSPS) is 24.6. The highest BCUT2D eigenvalue weighted by molar-refractivity contribution is 5.40. The smallest absolute Gasteiger partial charge is 0.228 e. The summed E-state index contributed by atoms with van der Waals surface area (Å²) >= 11 is 0. The molecule has 2 aromatic rings. The Labute approximate surface area is 123 Å². The molecular weight excluding hydrogens is 266 g/mol. The highest BCUT2D eigenvalue weighted by atomic mass is 16.5. The lowest BCUT2D eigenvalue weighted by molar-refractivity contribution is 0.272. The van der Waals surface area contributed by atoms with E-state index in [1.165, 1.54) is 12.8 Å². The number of para-hydroxylation sites is 1. The van der Waals surface area contributed by atoms with E-state index in [-0.39, 0.29) is 5.92 Å². The van der Waals surface area contributed by atoms with Crippen molar-refractivity contribution < 1.29 is 9.26 Å². The van der Waals surface area contributed by atoms with Gasteiger partial charge in [-0.3, -0.25) is 0 Å². The van der Waals surface area contributed by atoms with E-state index < -0.39 is 0 Å². The van der Waals surface area contributed by atoms with Crippen LogP contribution in [0.25, 0.3) is 0 Å². The monoisotopic (exact) mass is 285 g/mol. The molecular formula is C16H19N3O2. The van der Waals surface area contributed by atoms with Crippen molar-refractivity contribution in [3.05, 3.63) is 41.5 Å². The molecule has 21 heavy (non-hydrogen) atoms. The second kappa shape index (κ2) is 5.48. The van der Waals surface area contributed by atoms with E-state index in [2.05, 4.69) is 21.5 Å². The van der Waals surface area contributed by atoms with Crippen molar-refractivity contribution in [3.8, 4) is 5.75 Å². The summed E-state index contributed by atoms with van der Waals surface area (Å²) in [5.74, 6) is 2.66. The molecule has 1 fully saturated rings. The van der Waals surface area contributed by atoms with Crippen LogP contribution in [-0.2, 0) is 6.42 Å². The molecule has 0 saturated carbocycles. The van der Waals surface area contributed by atoms with Gasteiger partial charge in [-0.25, -0.2) is 0 Å². The summed E-state index contributed by atoms with van der Waals surface area (Å²) in [6.45, 7) is 1.80. The van der Waals surface area contributed by atoms with Crippen LogP contribution in [0.4, 0.5) is 0 Å². The van der Waals surface area contributed by atoms with Gasteiger partial charge in [0.05, 0.1) is 12.5 Å². The first kappa shape index (κ1) is 12.8. The lowest BCUT2D eigenvalue weighted by atomic mass is 9.92. The van der Waals surface area contributed by atoms with Crippen LogP contribution >= 0.6 is 0 Å². The first-order valence-electron chi connectivity index (χ1n) is 7.68. The van der Waals surface area contributed by atoms with Crippen LogP contribution in [0.1, 0.15) is 42.5 Å². The maximum Gasteiger partial charge on any atom is 0.228 e. The van der Waals surface area contributed by atoms with Gasteiger partial charge in [-0.1, -0.05) is 23.4 Å². The van der Waals surface area contributed by atoms with Gasteiger partial charge in [0, 0.05) is 18.0 Å². The highest BCUT2D eigenvalue weighted by Gasteiger charge is 2.27. The number of aromatic nitrogens is 2. The van der Waals surface area contributed by atoms with Gasteiger partial charge in [0.2, 0.25) is 5.89 Å². The Morgan fingerprint density at radius 2 is 2.19 bits per heavy atom. The van der Waals surface area contributed by atoms with Gasteiger partial charge in [0.1, 0.15) is 5.75 Å². The number of fused-ring (bicyclic) bond motifs is 1. The summed E-state index contributed by atoms with van der Waals surface area (Å²) in [6, 6.07) is 8.61. The molecule has 0 aliphatic carbocycles. The molecule has 0 spiro atoms. The third-order valence-corrected chi connectivity index (χ3v) is 4.34. The Morgan fingerprint density at radius 1 is 1.24 bits per heavy atom. The van der Waals surface area contributed by atoms with Crippen LogP contribution in [0, 0.1) is 0 Å². The van der Waals surface area contributed by atoms with Gasteiger partial charge < -0.3 is 14.6 Å². The quantitative estimate of drug-likeness (QED) is 0.937. The van der Waals surface area contributed by atoms with Crippen LogP contribution in [0.15, 0.2) is 28.8 Å². The van der Waals surface area contributed by atoms with Gasteiger partial charge in [-0.15, -0.1) is 0 Å². The third-order valence-electron chi connectivity index (χ3n) is 4.34. The number of rotatable bonds is 3. The average molecular weight is 285 g/mol. The SMILES string of the molecule is c1ccc2c(c1)OCCC2c1noc(CC2CCCN2)n1. The van der Waals surface area contributed by atoms with Gasteiger partial charge >= 0.3 is 0 Å². The average Bonchev–Trinajstić information content (AvgIpc) is 3.19. The molecule has 5 nitrogen and oxygen atoms in total. The van der Waals surface area contributed by atoms with Gasteiger partial charge in [-0.05, 0) is 31.9 Å². The second-order valence-corrected chi connectivity index (χ2v) is 5.77. The van der Waals surface area contributed by atoms with Crippen molar-refractivity contribution in [3.63, 3.8) is 0 Å². The molecule has 5 heteroatoms. The van der Waals surface area contributed by atoms with E-state index in [4.69, 9.17) is 9.26 Å². The topological polar surface area (TPSA) is 60.2 Å². The third kappa shape index (κ3) is 2.53. The Morgan fingerprint density at radius 3 is 3.10 bits per heavy atom. The zero-order valence-corrected chi connectivity index (χ0v) is 11.9. The zero-order valence-electron chi connectivity index (χ0n) is 11.9. The molecule has 0 radical (unpaired) electrons. The Kier molecular flexibility index (Phi) is 3.35. The molecule has 2 atom stereocenters. The minimum absolute atomic E-state index is 0.184. The number of hydrogen-bond donors (Lipinski definition) is 1. The van der Waals surface area contributed by atoms with Crippen LogP contribution in [0.3, 0.4) is 0 Å². The first-order valence-corrected chi connectivity index (χ1v) is 7.68. The van der Waals surface area contributed by atoms with Crippen LogP contribution in [-0.4, -0.2) is 29.3 Å². The number of nitrogens with zero attached hydrogens (tertiary/aromatic N) is 2. The molecule has 1 saturated heterocycles. The Hall–Kier alpha value is -1.88. The van der Waals surface area contributed by atoms with Crippen molar-refractivity contribution in [1.29, 1.82) is 0 Å². The van der Waals surface area contributed by atoms with Crippen molar-refractivity contribution >= 4 is 0 Å². The Bertz CT molecular complexity index is 619. The van der Waals surface area contributed by atoms with Gasteiger partial charge in [0.15, 0.2) is 5.82 Å². The predicted molar refractivity (Wildman–Crippen MR) is 77.4 cm³/mol. The zero-order chi connectivity index (χ0) is 14.1. The van der Waals surface area contributed by atoms with Crippen molar-refractivity contribution in [2.45, 2.75) is 37.6 Å². The van der Waals surface area contributed by atoms with E-state index in [9.17, 15) is 0 Å². The fraction of sp³-hybridized carbons (Fsp3) is 0.500. The minimum atomic E-state index is 0.184. The largest absolute Gasteiger partial charge is 0.493 e. The van der Waals surface area contributed by atoms with E-state index in [0.29, 0.717) is 12.6 Å². The van der Waals surface area contributed by atoms with Gasteiger partial charge in [0.25, 0.3) is 0 Å². The molecule has 2 aliphatic heterocycles. The maximum atomic E-state index is 5.69. The highest BCUT2D eigenvalue weighted by Crippen LogP contribution is 2.36. The summed E-state index contributed by atoms with van der Waals surface area (Å²) in [5, 5.41) is 7.67. The maximum absolute atomic E-state index is 5.69. The fourth-order valence-electron chi connectivity index (χ4n) is 3.24. The fourth-order valence-corrected chi connectivity index (χ4v) is 3.24. The van der Waals surface area contributed by atoms with Gasteiger partial charge in [-0.2, -0.15) is 4.98 Å². The van der Waals surface area contributed by atoms with E-state index >= 15 is 0 Å².